The second-order valence-corrected chi connectivity index (χ2v) is 4.88. The Labute approximate surface area is 109 Å². The second-order valence-electron chi connectivity index (χ2n) is 4.02. The van der Waals surface area contributed by atoms with Gasteiger partial charge in [0.1, 0.15) is 11.6 Å². The molecule has 4 nitrogen and oxygen atoms in total. The van der Waals surface area contributed by atoms with Gasteiger partial charge < -0.3 is 10.4 Å². The van der Waals surface area contributed by atoms with Crippen molar-refractivity contribution < 1.29 is 23.5 Å². The molecule has 0 unspecified atom stereocenters. The van der Waals surface area contributed by atoms with E-state index in [9.17, 15) is 18.4 Å². The molecule has 0 heterocycles. The summed E-state index contributed by atoms with van der Waals surface area (Å²) in [7, 11) is 0. The highest BCUT2D eigenvalue weighted by atomic mass is 79.9. The number of benzene rings is 1. The number of hydrogen-bond acceptors (Lipinski definition) is 2. The van der Waals surface area contributed by atoms with Crippen LogP contribution in [0.2, 0.25) is 0 Å². The molecule has 1 saturated carbocycles. The molecule has 7 heteroatoms. The van der Waals surface area contributed by atoms with Gasteiger partial charge in [-0.25, -0.2) is 8.78 Å². The summed E-state index contributed by atoms with van der Waals surface area (Å²) in [6.07, 6.45) is 0.241. The Morgan fingerprint density at radius 3 is 2.50 bits per heavy atom. The first-order valence-corrected chi connectivity index (χ1v) is 5.87. The van der Waals surface area contributed by atoms with Crippen LogP contribution < -0.4 is 5.32 Å². The largest absolute Gasteiger partial charge is 0.481 e. The van der Waals surface area contributed by atoms with Crippen LogP contribution in [-0.2, 0) is 9.59 Å². The third-order valence-electron chi connectivity index (χ3n) is 2.71. The normalized spacial score (nSPS) is 21.5. The van der Waals surface area contributed by atoms with Crippen LogP contribution in [-0.4, -0.2) is 17.0 Å². The van der Waals surface area contributed by atoms with Gasteiger partial charge in [-0.2, -0.15) is 0 Å². The van der Waals surface area contributed by atoms with Gasteiger partial charge in [-0.15, -0.1) is 0 Å². The maximum atomic E-state index is 13.3. The van der Waals surface area contributed by atoms with Crippen LogP contribution in [0, 0.1) is 23.5 Å². The fourth-order valence-electron chi connectivity index (χ4n) is 1.60. The molecule has 0 bridgehead atoms. The minimum Gasteiger partial charge on any atom is -0.481 e. The van der Waals surface area contributed by atoms with E-state index in [1.54, 1.807) is 0 Å². The lowest BCUT2D eigenvalue weighted by Gasteiger charge is -2.07. The summed E-state index contributed by atoms with van der Waals surface area (Å²) in [5, 5.41) is 10.9. The van der Waals surface area contributed by atoms with E-state index in [0.717, 1.165) is 6.07 Å². The third kappa shape index (κ3) is 2.50. The van der Waals surface area contributed by atoms with Crippen molar-refractivity contribution in [2.24, 2.45) is 11.8 Å². The van der Waals surface area contributed by atoms with E-state index in [1.165, 1.54) is 0 Å². The Morgan fingerprint density at radius 2 is 1.94 bits per heavy atom. The first kappa shape index (κ1) is 12.9. The maximum Gasteiger partial charge on any atom is 0.307 e. The topological polar surface area (TPSA) is 66.4 Å². The minimum absolute atomic E-state index is 0.0183. The van der Waals surface area contributed by atoms with Gasteiger partial charge in [0.25, 0.3) is 0 Å². The van der Waals surface area contributed by atoms with E-state index in [-0.39, 0.29) is 16.6 Å². The predicted molar refractivity (Wildman–Crippen MR) is 61.9 cm³/mol. The summed E-state index contributed by atoms with van der Waals surface area (Å²) in [6, 6.07) is 1.74. The molecule has 1 aromatic rings. The molecule has 0 saturated heterocycles. The van der Waals surface area contributed by atoms with E-state index < -0.39 is 35.3 Å². The van der Waals surface area contributed by atoms with Gasteiger partial charge in [-0.05, 0) is 28.4 Å². The number of carboxylic acids is 1. The highest BCUT2D eigenvalue weighted by Crippen LogP contribution is 2.39. The van der Waals surface area contributed by atoms with Crippen LogP contribution in [0.3, 0.4) is 0 Å². The van der Waals surface area contributed by atoms with Crippen molar-refractivity contribution in [3.8, 4) is 0 Å². The lowest BCUT2D eigenvalue weighted by Crippen LogP contribution is -2.17. The lowest BCUT2D eigenvalue weighted by molar-refractivity contribution is -0.139. The van der Waals surface area contributed by atoms with Crippen LogP contribution in [0.15, 0.2) is 16.6 Å². The Morgan fingerprint density at radius 1 is 1.28 bits per heavy atom. The quantitative estimate of drug-likeness (QED) is 0.841. The third-order valence-corrected chi connectivity index (χ3v) is 3.32. The fraction of sp³-hybridized carbons (Fsp3) is 0.273. The number of rotatable bonds is 3. The van der Waals surface area contributed by atoms with Crippen molar-refractivity contribution in [2.75, 3.05) is 5.32 Å². The van der Waals surface area contributed by atoms with Gasteiger partial charge in [-0.1, -0.05) is 0 Å². The van der Waals surface area contributed by atoms with Crippen molar-refractivity contribution in [2.45, 2.75) is 6.42 Å². The minimum atomic E-state index is -1.05. The van der Waals surface area contributed by atoms with Crippen molar-refractivity contribution in [3.63, 3.8) is 0 Å². The lowest BCUT2D eigenvalue weighted by atomic mass is 10.2. The molecule has 1 amide bonds. The molecule has 1 aromatic carbocycles. The molecule has 96 valence electrons. The van der Waals surface area contributed by atoms with Gasteiger partial charge >= 0.3 is 5.97 Å². The molecule has 0 aliphatic heterocycles. The number of amides is 1. The molecule has 18 heavy (non-hydrogen) atoms. The number of carbonyl (C=O) groups excluding carboxylic acids is 1. The molecule has 0 radical (unpaired) electrons. The van der Waals surface area contributed by atoms with Gasteiger partial charge in [0, 0.05) is 6.07 Å². The van der Waals surface area contributed by atoms with Gasteiger partial charge in [-0.3, -0.25) is 9.59 Å². The average Bonchev–Trinajstić information content (AvgIpc) is 3.05. The number of hydrogen-bond donors (Lipinski definition) is 2. The summed E-state index contributed by atoms with van der Waals surface area (Å²) in [5.74, 6) is -4.66. The first-order chi connectivity index (χ1) is 8.40. The molecule has 2 rings (SSSR count). The monoisotopic (exact) mass is 319 g/mol. The fourth-order valence-corrected chi connectivity index (χ4v) is 1.94. The number of carbonyl (C=O) groups is 2. The number of carboxylic acid groups (broad SMARTS) is 1. The van der Waals surface area contributed by atoms with Crippen LogP contribution in [0.5, 0.6) is 0 Å². The van der Waals surface area contributed by atoms with Crippen LogP contribution in [0.4, 0.5) is 14.5 Å². The second kappa shape index (κ2) is 4.64. The zero-order valence-electron chi connectivity index (χ0n) is 8.91. The summed E-state index contributed by atoms with van der Waals surface area (Å²) >= 11 is 2.87. The molecule has 0 aromatic heterocycles. The summed E-state index contributed by atoms with van der Waals surface area (Å²) in [6.45, 7) is 0. The molecule has 2 atom stereocenters. The van der Waals surface area contributed by atoms with Crippen molar-refractivity contribution >= 4 is 33.5 Å². The standard InChI is InChI=1S/C11H8BrF2NO3/c12-6-2-9(8(14)3-7(6)13)15-10(16)4-1-5(4)11(17)18/h2-5H,1H2,(H,15,16)(H,17,18)/t4-,5+/m1/s1. The summed E-state index contributed by atoms with van der Waals surface area (Å²) in [4.78, 5) is 22.2. The van der Waals surface area contributed by atoms with E-state index in [4.69, 9.17) is 5.11 Å². The number of aliphatic carboxylic acids is 1. The van der Waals surface area contributed by atoms with Crippen molar-refractivity contribution in [3.05, 3.63) is 28.2 Å². The van der Waals surface area contributed by atoms with Crippen LogP contribution >= 0.6 is 15.9 Å². The van der Waals surface area contributed by atoms with E-state index in [1.807, 2.05) is 0 Å². The van der Waals surface area contributed by atoms with Crippen LogP contribution in [0.1, 0.15) is 6.42 Å². The average molecular weight is 320 g/mol. The number of halogens is 3. The maximum absolute atomic E-state index is 13.3. The van der Waals surface area contributed by atoms with E-state index in [0.29, 0.717) is 6.07 Å². The smallest absolute Gasteiger partial charge is 0.307 e. The van der Waals surface area contributed by atoms with Crippen molar-refractivity contribution in [1.29, 1.82) is 0 Å². The zero-order chi connectivity index (χ0) is 13.4. The molecule has 1 fully saturated rings. The highest BCUT2D eigenvalue weighted by Gasteiger charge is 2.48. The van der Waals surface area contributed by atoms with Gasteiger partial charge in [0.15, 0.2) is 0 Å². The molecular weight excluding hydrogens is 312 g/mol. The number of anilines is 1. The summed E-state index contributed by atoms with van der Waals surface area (Å²) in [5.41, 5.74) is -0.177. The zero-order valence-corrected chi connectivity index (χ0v) is 10.5. The highest BCUT2D eigenvalue weighted by molar-refractivity contribution is 9.10. The van der Waals surface area contributed by atoms with E-state index in [2.05, 4.69) is 21.2 Å². The molecule has 1 aliphatic carbocycles. The Bertz CT molecular complexity index is 535. The Hall–Kier alpha value is -1.50. The first-order valence-electron chi connectivity index (χ1n) is 5.08. The Balaban J connectivity index is 2.09. The summed E-state index contributed by atoms with van der Waals surface area (Å²) < 4.78 is 26.3. The predicted octanol–water partition coefficient (Wildman–Crippen LogP) is 2.39. The van der Waals surface area contributed by atoms with Crippen LogP contribution in [0.25, 0.3) is 0 Å². The molecule has 1 aliphatic rings. The molecule has 0 spiro atoms. The number of nitrogens with one attached hydrogen (secondary N) is 1. The SMILES string of the molecule is O=C(O)[C@H]1C[C@H]1C(=O)Nc1cc(Br)c(F)cc1F. The van der Waals surface area contributed by atoms with Gasteiger partial charge in [0.2, 0.25) is 5.91 Å². The van der Waals surface area contributed by atoms with Gasteiger partial charge in [0.05, 0.1) is 22.0 Å². The molecule has 2 N–H and O–H groups in total. The van der Waals surface area contributed by atoms with E-state index >= 15 is 0 Å². The Kier molecular flexibility index (Phi) is 3.34. The van der Waals surface area contributed by atoms with Crippen molar-refractivity contribution in [1.82, 2.24) is 0 Å². The molecular formula is C11H8BrF2NO3.